The molecule has 2 saturated heterocycles. The van der Waals surface area contributed by atoms with Gasteiger partial charge >= 0.3 is 0 Å². The van der Waals surface area contributed by atoms with Crippen LogP contribution in [0.1, 0.15) is 43.7 Å². The van der Waals surface area contributed by atoms with Crippen molar-refractivity contribution in [2.45, 2.75) is 52.0 Å². The first-order valence-electron chi connectivity index (χ1n) is 10.8. The second-order valence-electron chi connectivity index (χ2n) is 8.61. The van der Waals surface area contributed by atoms with E-state index < -0.39 is 0 Å². The van der Waals surface area contributed by atoms with Gasteiger partial charge in [-0.3, -0.25) is 4.79 Å². The highest BCUT2D eigenvalue weighted by Gasteiger charge is 2.28. The molecule has 0 aromatic heterocycles. The number of likely N-dealkylation sites (tertiary alicyclic amines) is 2. The maximum atomic E-state index is 12.8. The summed E-state index contributed by atoms with van der Waals surface area (Å²) in [7, 11) is 2.23. The van der Waals surface area contributed by atoms with Gasteiger partial charge in [0, 0.05) is 19.1 Å². The van der Waals surface area contributed by atoms with E-state index >= 15 is 0 Å². The topological polar surface area (TPSA) is 26.8 Å². The minimum Gasteiger partial charge on any atom is -0.342 e. The first-order valence-corrected chi connectivity index (χ1v) is 10.8. The molecule has 4 heteroatoms. The molecule has 2 heterocycles. The molecule has 2 fully saturated rings. The van der Waals surface area contributed by atoms with Gasteiger partial charge in [-0.1, -0.05) is 29.8 Å². The number of amides is 1. The Morgan fingerprint density at radius 2 is 1.81 bits per heavy atom. The Morgan fingerprint density at radius 1 is 1.11 bits per heavy atom. The number of hydrogen-bond acceptors (Lipinski definition) is 3. The normalized spacial score (nSPS) is 20.7. The fourth-order valence-corrected chi connectivity index (χ4v) is 4.69. The number of rotatable bonds is 6. The molecule has 2 aliphatic heterocycles. The summed E-state index contributed by atoms with van der Waals surface area (Å²) in [6.07, 6.45) is 5.64. The predicted molar refractivity (Wildman–Crippen MR) is 112 cm³/mol. The molecule has 0 unspecified atom stereocenters. The van der Waals surface area contributed by atoms with Crippen LogP contribution in [0.15, 0.2) is 24.3 Å². The highest BCUT2D eigenvalue weighted by atomic mass is 16.2. The maximum absolute atomic E-state index is 12.8. The van der Waals surface area contributed by atoms with Gasteiger partial charge in [0.05, 0.1) is 6.42 Å². The van der Waals surface area contributed by atoms with Crippen molar-refractivity contribution in [1.29, 1.82) is 0 Å². The molecule has 0 atom stereocenters. The fraction of sp³-hybridized carbons (Fsp3) is 0.696. The summed E-state index contributed by atoms with van der Waals surface area (Å²) in [5.41, 5.74) is 2.36. The number of likely N-dealkylation sites (N-methyl/N-ethyl adjacent to an activating group) is 1. The van der Waals surface area contributed by atoms with Crippen molar-refractivity contribution in [1.82, 2.24) is 14.7 Å². The Balaban J connectivity index is 1.45. The molecule has 27 heavy (non-hydrogen) atoms. The number of piperidine rings is 2. The highest BCUT2D eigenvalue weighted by Crippen LogP contribution is 2.24. The molecule has 4 nitrogen and oxygen atoms in total. The third-order valence-electron chi connectivity index (χ3n) is 6.50. The SMILES string of the molecule is CCN(CC1CCN(C2CCN(C)CC2)CC1)C(=O)Cc1cccc(C)c1. The summed E-state index contributed by atoms with van der Waals surface area (Å²) < 4.78 is 0. The summed E-state index contributed by atoms with van der Waals surface area (Å²) in [6, 6.07) is 9.12. The Bertz CT molecular complexity index is 601. The predicted octanol–water partition coefficient (Wildman–Crippen LogP) is 3.19. The zero-order chi connectivity index (χ0) is 19.2. The smallest absolute Gasteiger partial charge is 0.226 e. The van der Waals surface area contributed by atoms with Crippen LogP contribution >= 0.6 is 0 Å². The molecule has 0 N–H and O–H groups in total. The summed E-state index contributed by atoms with van der Waals surface area (Å²) in [6.45, 7) is 10.8. The largest absolute Gasteiger partial charge is 0.342 e. The quantitative estimate of drug-likeness (QED) is 0.768. The van der Waals surface area contributed by atoms with Crippen LogP contribution in [0.25, 0.3) is 0 Å². The standard InChI is InChI=1S/C23H37N3O/c1-4-25(23(27)17-21-7-5-6-19(2)16-21)18-20-8-14-26(15-9-20)22-10-12-24(3)13-11-22/h5-7,16,20,22H,4,8-15,17-18H2,1-3H3. The Kier molecular flexibility index (Phi) is 7.31. The molecule has 1 aromatic carbocycles. The summed E-state index contributed by atoms with van der Waals surface area (Å²) in [5.74, 6) is 0.940. The number of benzene rings is 1. The first kappa shape index (κ1) is 20.3. The van der Waals surface area contributed by atoms with Crippen molar-refractivity contribution in [2.75, 3.05) is 46.3 Å². The van der Waals surface area contributed by atoms with E-state index in [0.29, 0.717) is 12.3 Å². The van der Waals surface area contributed by atoms with E-state index in [1.807, 2.05) is 6.07 Å². The molecule has 2 aliphatic rings. The van der Waals surface area contributed by atoms with Crippen molar-refractivity contribution in [3.8, 4) is 0 Å². The number of carbonyl (C=O) groups excluding carboxylic acids is 1. The van der Waals surface area contributed by atoms with E-state index in [1.54, 1.807) is 0 Å². The molecule has 0 bridgehead atoms. The van der Waals surface area contributed by atoms with Gasteiger partial charge in [-0.2, -0.15) is 0 Å². The molecule has 1 aromatic rings. The van der Waals surface area contributed by atoms with Crippen molar-refractivity contribution < 1.29 is 4.79 Å². The summed E-state index contributed by atoms with van der Waals surface area (Å²) in [4.78, 5) is 20.0. The second kappa shape index (κ2) is 9.70. The van der Waals surface area contributed by atoms with E-state index in [2.05, 4.69) is 53.8 Å². The average Bonchev–Trinajstić information content (AvgIpc) is 2.67. The lowest BCUT2D eigenvalue weighted by Gasteiger charge is -2.41. The molecule has 0 aliphatic carbocycles. The Labute approximate surface area is 165 Å². The molecular weight excluding hydrogens is 334 g/mol. The van der Waals surface area contributed by atoms with E-state index in [-0.39, 0.29) is 5.91 Å². The van der Waals surface area contributed by atoms with E-state index in [4.69, 9.17) is 0 Å². The third-order valence-corrected chi connectivity index (χ3v) is 6.50. The lowest BCUT2D eigenvalue weighted by molar-refractivity contribution is -0.131. The minimum atomic E-state index is 0.279. The number of nitrogens with zero attached hydrogens (tertiary/aromatic N) is 3. The summed E-state index contributed by atoms with van der Waals surface area (Å²) in [5, 5.41) is 0. The Hall–Kier alpha value is -1.39. The zero-order valence-electron chi connectivity index (χ0n) is 17.5. The monoisotopic (exact) mass is 371 g/mol. The molecule has 0 radical (unpaired) electrons. The van der Waals surface area contributed by atoms with Gasteiger partial charge in [-0.05, 0) is 84.2 Å². The Morgan fingerprint density at radius 3 is 2.44 bits per heavy atom. The van der Waals surface area contributed by atoms with Crippen LogP contribution in [0, 0.1) is 12.8 Å². The number of hydrogen-bond donors (Lipinski definition) is 0. The molecule has 3 rings (SSSR count). The van der Waals surface area contributed by atoms with Gasteiger partial charge in [0.1, 0.15) is 0 Å². The van der Waals surface area contributed by atoms with E-state index in [0.717, 1.165) is 24.7 Å². The van der Waals surface area contributed by atoms with E-state index in [1.165, 1.54) is 57.4 Å². The van der Waals surface area contributed by atoms with Gasteiger partial charge in [-0.25, -0.2) is 0 Å². The third kappa shape index (κ3) is 5.79. The van der Waals surface area contributed by atoms with Crippen molar-refractivity contribution in [2.24, 2.45) is 5.92 Å². The van der Waals surface area contributed by atoms with Crippen LogP contribution < -0.4 is 0 Å². The van der Waals surface area contributed by atoms with Gasteiger partial charge in [-0.15, -0.1) is 0 Å². The van der Waals surface area contributed by atoms with Gasteiger partial charge in [0.2, 0.25) is 5.91 Å². The highest BCUT2D eigenvalue weighted by molar-refractivity contribution is 5.78. The molecule has 0 spiro atoms. The average molecular weight is 372 g/mol. The first-order chi connectivity index (χ1) is 13.0. The maximum Gasteiger partial charge on any atom is 0.226 e. The van der Waals surface area contributed by atoms with Gasteiger partial charge in [0.25, 0.3) is 0 Å². The number of carbonyl (C=O) groups is 1. The number of aryl methyl sites for hydroxylation is 1. The van der Waals surface area contributed by atoms with E-state index in [9.17, 15) is 4.79 Å². The second-order valence-corrected chi connectivity index (χ2v) is 8.61. The van der Waals surface area contributed by atoms with Crippen LogP contribution in [0.2, 0.25) is 0 Å². The van der Waals surface area contributed by atoms with Crippen LogP contribution in [-0.4, -0.2) is 73.0 Å². The van der Waals surface area contributed by atoms with Crippen molar-refractivity contribution in [3.05, 3.63) is 35.4 Å². The van der Waals surface area contributed by atoms with Crippen LogP contribution in [0.4, 0.5) is 0 Å². The molecule has 1 amide bonds. The molecule has 0 saturated carbocycles. The summed E-state index contributed by atoms with van der Waals surface area (Å²) >= 11 is 0. The van der Waals surface area contributed by atoms with Crippen LogP contribution in [-0.2, 0) is 11.2 Å². The fourth-order valence-electron chi connectivity index (χ4n) is 4.69. The van der Waals surface area contributed by atoms with Crippen LogP contribution in [0.3, 0.4) is 0 Å². The molecule has 150 valence electrons. The van der Waals surface area contributed by atoms with Gasteiger partial charge in [0.15, 0.2) is 0 Å². The van der Waals surface area contributed by atoms with Gasteiger partial charge < -0.3 is 14.7 Å². The molecular formula is C23H37N3O. The minimum absolute atomic E-state index is 0.279. The van der Waals surface area contributed by atoms with Crippen molar-refractivity contribution in [3.63, 3.8) is 0 Å². The lowest BCUT2D eigenvalue weighted by Crippen LogP contribution is -2.48. The zero-order valence-corrected chi connectivity index (χ0v) is 17.5. The van der Waals surface area contributed by atoms with Crippen molar-refractivity contribution >= 4 is 5.91 Å². The lowest BCUT2D eigenvalue weighted by atomic mass is 9.93. The van der Waals surface area contributed by atoms with Crippen LogP contribution in [0.5, 0.6) is 0 Å².